The van der Waals surface area contributed by atoms with Gasteiger partial charge in [-0.1, -0.05) is 28.1 Å². The van der Waals surface area contributed by atoms with Crippen molar-refractivity contribution in [2.45, 2.75) is 11.4 Å². The van der Waals surface area contributed by atoms with Crippen LogP contribution in [0.2, 0.25) is 0 Å². The molecule has 0 aliphatic rings. The second-order valence-electron chi connectivity index (χ2n) is 3.66. The first-order valence-corrected chi connectivity index (χ1v) is 7.89. The number of H-pyrrole nitrogens is 1. The molecule has 0 bridgehead atoms. The molecular weight excluding hydrogens is 318 g/mol. The molecule has 0 saturated heterocycles. The third-order valence-electron chi connectivity index (χ3n) is 2.35. The molecule has 96 valence electrons. The maximum atomic E-state index is 11.9. The third-order valence-corrected chi connectivity index (χ3v) is 4.06. The second kappa shape index (κ2) is 5.53. The Morgan fingerprint density at radius 3 is 2.50 bits per heavy atom. The van der Waals surface area contributed by atoms with Crippen LogP contribution in [-0.2, 0) is 16.4 Å². The Balaban J connectivity index is 2.14. The monoisotopic (exact) mass is 329 g/mol. The smallest absolute Gasteiger partial charge is 0.278 e. The highest BCUT2D eigenvalue weighted by atomic mass is 79.9. The summed E-state index contributed by atoms with van der Waals surface area (Å²) in [6.07, 6.45) is 2.31. The number of rotatable bonds is 5. The number of nitrogens with one attached hydrogen (secondary N) is 2. The van der Waals surface area contributed by atoms with E-state index in [1.807, 2.05) is 12.1 Å². The van der Waals surface area contributed by atoms with Gasteiger partial charge in [0.15, 0.2) is 5.03 Å². The van der Waals surface area contributed by atoms with Crippen molar-refractivity contribution in [1.29, 1.82) is 0 Å². The van der Waals surface area contributed by atoms with E-state index in [0.717, 1.165) is 17.3 Å². The lowest BCUT2D eigenvalue weighted by atomic mass is 10.2. The maximum absolute atomic E-state index is 11.9. The van der Waals surface area contributed by atoms with Gasteiger partial charge in [0.25, 0.3) is 10.0 Å². The van der Waals surface area contributed by atoms with E-state index in [1.165, 1.54) is 12.3 Å². The molecule has 0 spiro atoms. The minimum Gasteiger partial charge on any atom is -0.278 e. The van der Waals surface area contributed by atoms with Gasteiger partial charge < -0.3 is 0 Å². The summed E-state index contributed by atoms with van der Waals surface area (Å²) in [4.78, 5) is 0. The molecule has 1 heterocycles. The first kappa shape index (κ1) is 13.1. The molecule has 0 atom stereocenters. The van der Waals surface area contributed by atoms with Crippen LogP contribution in [0.15, 0.2) is 41.6 Å². The molecule has 18 heavy (non-hydrogen) atoms. The van der Waals surface area contributed by atoms with E-state index in [2.05, 4.69) is 30.8 Å². The Labute approximate surface area is 114 Å². The van der Waals surface area contributed by atoms with Gasteiger partial charge in [0.05, 0.1) is 6.20 Å². The molecule has 0 radical (unpaired) electrons. The molecule has 0 amide bonds. The molecule has 2 aromatic rings. The number of halogens is 1. The van der Waals surface area contributed by atoms with Crippen LogP contribution in [0.3, 0.4) is 0 Å². The largest absolute Gasteiger partial charge is 0.278 e. The third kappa shape index (κ3) is 3.11. The van der Waals surface area contributed by atoms with Crippen LogP contribution < -0.4 is 4.72 Å². The lowest BCUT2D eigenvalue weighted by Crippen LogP contribution is -2.13. The van der Waals surface area contributed by atoms with Crippen LogP contribution in [-0.4, -0.2) is 23.9 Å². The molecule has 1 aromatic carbocycles. The van der Waals surface area contributed by atoms with Gasteiger partial charge in [-0.3, -0.25) is 9.82 Å². The number of benzene rings is 1. The number of alkyl halides is 1. The molecule has 0 aliphatic heterocycles. The van der Waals surface area contributed by atoms with Crippen LogP contribution in [0.5, 0.6) is 0 Å². The number of aromatic nitrogens is 2. The van der Waals surface area contributed by atoms with E-state index in [4.69, 9.17) is 0 Å². The Kier molecular flexibility index (Phi) is 4.03. The van der Waals surface area contributed by atoms with Crippen molar-refractivity contribution < 1.29 is 8.42 Å². The SMILES string of the molecule is O=S(=O)(Nc1ccc(CCBr)cc1)c1ccn[nH]1. The van der Waals surface area contributed by atoms with Gasteiger partial charge in [0.2, 0.25) is 0 Å². The molecular formula is C11H12BrN3O2S. The summed E-state index contributed by atoms with van der Waals surface area (Å²) in [6, 6.07) is 8.68. The van der Waals surface area contributed by atoms with E-state index in [9.17, 15) is 8.42 Å². The van der Waals surface area contributed by atoms with Gasteiger partial charge in [-0.05, 0) is 30.2 Å². The Hall–Kier alpha value is -1.34. The van der Waals surface area contributed by atoms with Crippen LogP contribution in [0.4, 0.5) is 5.69 Å². The normalized spacial score (nSPS) is 11.4. The molecule has 0 saturated carbocycles. The predicted molar refractivity (Wildman–Crippen MR) is 73.3 cm³/mol. The molecule has 1 aromatic heterocycles. The van der Waals surface area contributed by atoms with Gasteiger partial charge in [0, 0.05) is 11.0 Å². The minimum absolute atomic E-state index is 0.0482. The quantitative estimate of drug-likeness (QED) is 0.825. The lowest BCUT2D eigenvalue weighted by Gasteiger charge is -2.06. The number of anilines is 1. The topological polar surface area (TPSA) is 74.8 Å². The summed E-state index contributed by atoms with van der Waals surface area (Å²) in [7, 11) is -3.57. The van der Waals surface area contributed by atoms with Gasteiger partial charge in [0.1, 0.15) is 0 Å². The standard InChI is InChI=1S/C11H12BrN3O2S/c12-7-5-9-1-3-10(4-2-9)15-18(16,17)11-6-8-13-14-11/h1-4,6,8,15H,5,7H2,(H,13,14). The maximum Gasteiger partial charge on any atom is 0.278 e. The number of nitrogens with zero attached hydrogens (tertiary/aromatic N) is 1. The predicted octanol–water partition coefficient (Wildman–Crippen LogP) is 2.15. The first-order chi connectivity index (χ1) is 8.62. The van der Waals surface area contributed by atoms with Crippen molar-refractivity contribution in [2.24, 2.45) is 0 Å². The zero-order chi connectivity index (χ0) is 13.0. The fourth-order valence-corrected chi connectivity index (χ4v) is 2.88. The Bertz CT molecular complexity index is 594. The minimum atomic E-state index is -3.57. The van der Waals surface area contributed by atoms with Crippen molar-refractivity contribution in [3.63, 3.8) is 0 Å². The number of sulfonamides is 1. The van der Waals surface area contributed by atoms with Crippen molar-refractivity contribution in [1.82, 2.24) is 10.2 Å². The van der Waals surface area contributed by atoms with Gasteiger partial charge in [-0.2, -0.15) is 13.5 Å². The Morgan fingerprint density at radius 2 is 1.94 bits per heavy atom. The summed E-state index contributed by atoms with van der Waals surface area (Å²) >= 11 is 3.36. The average molecular weight is 330 g/mol. The summed E-state index contributed by atoms with van der Waals surface area (Å²) in [5.74, 6) is 0. The Morgan fingerprint density at radius 1 is 1.22 bits per heavy atom. The van der Waals surface area contributed by atoms with Gasteiger partial charge in [-0.15, -0.1) is 0 Å². The van der Waals surface area contributed by atoms with E-state index >= 15 is 0 Å². The zero-order valence-electron chi connectivity index (χ0n) is 9.43. The van der Waals surface area contributed by atoms with E-state index in [-0.39, 0.29) is 5.03 Å². The first-order valence-electron chi connectivity index (χ1n) is 5.29. The summed E-state index contributed by atoms with van der Waals surface area (Å²) in [5.41, 5.74) is 1.68. The van der Waals surface area contributed by atoms with Gasteiger partial charge >= 0.3 is 0 Å². The fraction of sp³-hybridized carbons (Fsp3) is 0.182. The number of aryl methyl sites for hydroxylation is 1. The van der Waals surface area contributed by atoms with Crippen molar-refractivity contribution >= 4 is 31.6 Å². The van der Waals surface area contributed by atoms with Gasteiger partial charge in [-0.25, -0.2) is 0 Å². The zero-order valence-corrected chi connectivity index (χ0v) is 11.8. The molecule has 5 nitrogen and oxygen atoms in total. The fourth-order valence-electron chi connectivity index (χ4n) is 1.45. The van der Waals surface area contributed by atoms with Crippen LogP contribution in [0.25, 0.3) is 0 Å². The van der Waals surface area contributed by atoms with Crippen molar-refractivity contribution in [3.8, 4) is 0 Å². The highest BCUT2D eigenvalue weighted by Crippen LogP contribution is 2.15. The summed E-state index contributed by atoms with van der Waals surface area (Å²) < 4.78 is 26.2. The summed E-state index contributed by atoms with van der Waals surface area (Å²) in [6.45, 7) is 0. The molecule has 0 aliphatic carbocycles. The molecule has 0 fully saturated rings. The van der Waals surface area contributed by atoms with E-state index in [0.29, 0.717) is 5.69 Å². The van der Waals surface area contributed by atoms with E-state index in [1.54, 1.807) is 12.1 Å². The van der Waals surface area contributed by atoms with Crippen molar-refractivity contribution in [2.75, 3.05) is 10.1 Å². The molecule has 7 heteroatoms. The van der Waals surface area contributed by atoms with E-state index < -0.39 is 10.0 Å². The molecule has 2 rings (SSSR count). The van der Waals surface area contributed by atoms with Crippen LogP contribution in [0, 0.1) is 0 Å². The van der Waals surface area contributed by atoms with Crippen LogP contribution in [0.1, 0.15) is 5.56 Å². The lowest BCUT2D eigenvalue weighted by molar-refractivity contribution is 0.597. The van der Waals surface area contributed by atoms with Crippen LogP contribution >= 0.6 is 15.9 Å². The highest BCUT2D eigenvalue weighted by Gasteiger charge is 2.15. The molecule has 2 N–H and O–H groups in total. The van der Waals surface area contributed by atoms with Crippen molar-refractivity contribution in [3.05, 3.63) is 42.1 Å². The number of hydrogen-bond donors (Lipinski definition) is 2. The highest BCUT2D eigenvalue weighted by molar-refractivity contribution is 9.09. The number of hydrogen-bond acceptors (Lipinski definition) is 3. The average Bonchev–Trinajstić information content (AvgIpc) is 2.86. The second-order valence-corrected chi connectivity index (χ2v) is 6.11. The number of aromatic amines is 1. The summed E-state index contributed by atoms with van der Waals surface area (Å²) in [5, 5.41) is 6.97. The molecule has 0 unspecified atom stereocenters.